The second-order valence-electron chi connectivity index (χ2n) is 5.24. The van der Waals surface area contributed by atoms with Crippen LogP contribution in [0.3, 0.4) is 0 Å². The highest BCUT2D eigenvalue weighted by Crippen LogP contribution is 2.06. The van der Waals surface area contributed by atoms with Gasteiger partial charge in [-0.3, -0.25) is 4.79 Å². The maximum Gasteiger partial charge on any atom is 0.307 e. The minimum absolute atomic E-state index is 0.322. The molecule has 0 aromatic heterocycles. The third-order valence-electron chi connectivity index (χ3n) is 2.48. The van der Waals surface area contributed by atoms with E-state index < -0.39 is 5.97 Å². The van der Waals surface area contributed by atoms with Gasteiger partial charge in [-0.1, -0.05) is 20.8 Å². The molecule has 16 heavy (non-hydrogen) atoms. The van der Waals surface area contributed by atoms with E-state index in [9.17, 15) is 4.79 Å². The molecule has 0 aromatic rings. The van der Waals surface area contributed by atoms with Crippen molar-refractivity contribution in [3.8, 4) is 0 Å². The standard InChI is InChI=1S/C12H26N2O2/c1-9(2)6-11(8-14(4)5)13-7-10(3)12(15)16/h9-11,13H,6-8H2,1-5H3,(H,15,16). The van der Waals surface area contributed by atoms with Crippen molar-refractivity contribution in [2.75, 3.05) is 27.2 Å². The summed E-state index contributed by atoms with van der Waals surface area (Å²) in [7, 11) is 4.07. The average molecular weight is 230 g/mol. The maximum absolute atomic E-state index is 10.7. The minimum atomic E-state index is -0.736. The lowest BCUT2D eigenvalue weighted by atomic mass is 10.0. The molecule has 0 aliphatic carbocycles. The number of carboxylic acid groups (broad SMARTS) is 1. The Kier molecular flexibility index (Phi) is 7.34. The monoisotopic (exact) mass is 230 g/mol. The number of carboxylic acids is 1. The summed E-state index contributed by atoms with van der Waals surface area (Å²) in [6.45, 7) is 7.60. The third-order valence-corrected chi connectivity index (χ3v) is 2.48. The van der Waals surface area contributed by atoms with Gasteiger partial charge in [0.2, 0.25) is 0 Å². The summed E-state index contributed by atoms with van der Waals surface area (Å²) in [5.41, 5.74) is 0. The van der Waals surface area contributed by atoms with Crippen LogP contribution in [0.1, 0.15) is 27.2 Å². The van der Waals surface area contributed by atoms with Gasteiger partial charge in [0.15, 0.2) is 0 Å². The first-order chi connectivity index (χ1) is 7.32. The van der Waals surface area contributed by atoms with Gasteiger partial charge in [0.05, 0.1) is 5.92 Å². The van der Waals surface area contributed by atoms with Crippen molar-refractivity contribution >= 4 is 5.97 Å². The quantitative estimate of drug-likeness (QED) is 0.659. The zero-order chi connectivity index (χ0) is 12.7. The Morgan fingerprint density at radius 2 is 1.88 bits per heavy atom. The summed E-state index contributed by atoms with van der Waals surface area (Å²) >= 11 is 0. The Labute approximate surface area is 99.0 Å². The molecule has 0 saturated carbocycles. The van der Waals surface area contributed by atoms with Crippen LogP contribution in [-0.4, -0.2) is 49.2 Å². The smallest absolute Gasteiger partial charge is 0.307 e. The number of carbonyl (C=O) groups is 1. The van der Waals surface area contributed by atoms with Crippen molar-refractivity contribution in [3.05, 3.63) is 0 Å². The van der Waals surface area contributed by atoms with E-state index in [1.807, 2.05) is 14.1 Å². The predicted molar refractivity (Wildman–Crippen MR) is 66.6 cm³/mol. The van der Waals surface area contributed by atoms with Crippen LogP contribution in [0, 0.1) is 11.8 Å². The summed E-state index contributed by atoms with van der Waals surface area (Å²) in [6.07, 6.45) is 1.07. The fraction of sp³-hybridized carbons (Fsp3) is 0.917. The first-order valence-electron chi connectivity index (χ1n) is 5.93. The first-order valence-corrected chi connectivity index (χ1v) is 5.93. The fourth-order valence-corrected chi connectivity index (χ4v) is 1.66. The van der Waals surface area contributed by atoms with Gasteiger partial charge in [0, 0.05) is 19.1 Å². The molecule has 96 valence electrons. The molecule has 0 spiro atoms. The number of hydrogen-bond donors (Lipinski definition) is 2. The van der Waals surface area contributed by atoms with E-state index in [4.69, 9.17) is 5.11 Å². The molecule has 0 bridgehead atoms. The highest BCUT2D eigenvalue weighted by Gasteiger charge is 2.15. The molecule has 0 saturated heterocycles. The van der Waals surface area contributed by atoms with Gasteiger partial charge in [0.1, 0.15) is 0 Å². The zero-order valence-electron chi connectivity index (χ0n) is 11.2. The molecular weight excluding hydrogens is 204 g/mol. The highest BCUT2D eigenvalue weighted by molar-refractivity contribution is 5.69. The van der Waals surface area contributed by atoms with Gasteiger partial charge in [-0.05, 0) is 26.4 Å². The maximum atomic E-state index is 10.7. The second-order valence-corrected chi connectivity index (χ2v) is 5.24. The van der Waals surface area contributed by atoms with E-state index in [1.165, 1.54) is 0 Å². The molecule has 0 aliphatic heterocycles. The van der Waals surface area contributed by atoms with Crippen LogP contribution in [0.2, 0.25) is 0 Å². The molecule has 0 rings (SSSR count). The number of nitrogens with zero attached hydrogens (tertiary/aromatic N) is 1. The third kappa shape index (κ3) is 7.65. The van der Waals surface area contributed by atoms with Crippen molar-refractivity contribution in [2.24, 2.45) is 11.8 Å². The summed E-state index contributed by atoms with van der Waals surface area (Å²) in [6, 6.07) is 0.372. The van der Waals surface area contributed by atoms with Crippen LogP contribution in [0.4, 0.5) is 0 Å². The fourth-order valence-electron chi connectivity index (χ4n) is 1.66. The molecule has 0 radical (unpaired) electrons. The second kappa shape index (κ2) is 7.63. The van der Waals surface area contributed by atoms with Crippen LogP contribution in [0.25, 0.3) is 0 Å². The molecule has 4 nitrogen and oxygen atoms in total. The molecule has 2 unspecified atom stereocenters. The number of aliphatic carboxylic acids is 1. The Hall–Kier alpha value is -0.610. The lowest BCUT2D eigenvalue weighted by molar-refractivity contribution is -0.141. The lowest BCUT2D eigenvalue weighted by Crippen LogP contribution is -2.42. The Balaban J connectivity index is 4.05. The van der Waals surface area contributed by atoms with Gasteiger partial charge in [0.25, 0.3) is 0 Å². The molecule has 0 amide bonds. The topological polar surface area (TPSA) is 52.6 Å². The number of rotatable bonds is 8. The number of hydrogen-bond acceptors (Lipinski definition) is 3. The van der Waals surface area contributed by atoms with Crippen molar-refractivity contribution in [3.63, 3.8) is 0 Å². The van der Waals surface area contributed by atoms with E-state index in [-0.39, 0.29) is 5.92 Å². The van der Waals surface area contributed by atoms with Crippen molar-refractivity contribution in [1.29, 1.82) is 0 Å². The van der Waals surface area contributed by atoms with Crippen molar-refractivity contribution in [2.45, 2.75) is 33.2 Å². The molecule has 0 aliphatic rings. The van der Waals surface area contributed by atoms with E-state index in [0.717, 1.165) is 13.0 Å². The molecular formula is C12H26N2O2. The van der Waals surface area contributed by atoms with Gasteiger partial charge in [-0.2, -0.15) is 0 Å². The number of likely N-dealkylation sites (N-methyl/N-ethyl adjacent to an activating group) is 1. The summed E-state index contributed by atoms with van der Waals surface area (Å²) < 4.78 is 0. The molecule has 0 fully saturated rings. The van der Waals surface area contributed by atoms with Gasteiger partial charge in [-0.25, -0.2) is 0 Å². The van der Waals surface area contributed by atoms with Gasteiger partial charge < -0.3 is 15.3 Å². The Bertz CT molecular complexity index is 195. The summed E-state index contributed by atoms with van der Waals surface area (Å²) in [5, 5.41) is 12.1. The minimum Gasteiger partial charge on any atom is -0.481 e. The first kappa shape index (κ1) is 15.4. The van der Waals surface area contributed by atoms with Crippen molar-refractivity contribution < 1.29 is 9.90 Å². The normalized spacial score (nSPS) is 15.4. The van der Waals surface area contributed by atoms with E-state index in [1.54, 1.807) is 6.92 Å². The summed E-state index contributed by atoms with van der Waals surface area (Å²) in [4.78, 5) is 12.8. The number of nitrogens with one attached hydrogen (secondary N) is 1. The Morgan fingerprint density at radius 3 is 2.25 bits per heavy atom. The van der Waals surface area contributed by atoms with Gasteiger partial charge in [-0.15, -0.1) is 0 Å². The van der Waals surface area contributed by atoms with Crippen LogP contribution in [0.15, 0.2) is 0 Å². The molecule has 2 atom stereocenters. The largest absolute Gasteiger partial charge is 0.481 e. The highest BCUT2D eigenvalue weighted by atomic mass is 16.4. The van der Waals surface area contributed by atoms with Crippen LogP contribution >= 0.6 is 0 Å². The van der Waals surface area contributed by atoms with E-state index in [2.05, 4.69) is 24.1 Å². The average Bonchev–Trinajstić information content (AvgIpc) is 2.11. The Morgan fingerprint density at radius 1 is 1.31 bits per heavy atom. The van der Waals surface area contributed by atoms with Crippen molar-refractivity contribution in [1.82, 2.24) is 10.2 Å². The summed E-state index contributed by atoms with van der Waals surface area (Å²) in [5.74, 6) is -0.435. The molecule has 4 heteroatoms. The molecule has 2 N–H and O–H groups in total. The van der Waals surface area contributed by atoms with E-state index >= 15 is 0 Å². The lowest BCUT2D eigenvalue weighted by Gasteiger charge is -2.24. The van der Waals surface area contributed by atoms with E-state index in [0.29, 0.717) is 18.5 Å². The zero-order valence-corrected chi connectivity index (χ0v) is 11.2. The van der Waals surface area contributed by atoms with Gasteiger partial charge >= 0.3 is 5.97 Å². The van der Waals surface area contributed by atoms with Crippen LogP contribution in [0.5, 0.6) is 0 Å². The van der Waals surface area contributed by atoms with Crippen LogP contribution < -0.4 is 5.32 Å². The molecule has 0 heterocycles. The SMILES string of the molecule is CC(C)CC(CN(C)C)NCC(C)C(=O)O. The molecule has 0 aromatic carbocycles. The predicted octanol–water partition coefficient (Wildman–Crippen LogP) is 1.27. The van der Waals surface area contributed by atoms with Crippen LogP contribution in [-0.2, 0) is 4.79 Å².